The first-order chi connectivity index (χ1) is 15.5. The van der Waals surface area contributed by atoms with E-state index in [1.807, 2.05) is 12.3 Å². The van der Waals surface area contributed by atoms with Crippen molar-refractivity contribution in [3.05, 3.63) is 84.2 Å². The average molecular weight is 418 g/mol. The second kappa shape index (κ2) is 6.89. The van der Waals surface area contributed by atoms with Crippen LogP contribution >= 0.6 is 0 Å². The van der Waals surface area contributed by atoms with E-state index in [0.717, 1.165) is 27.3 Å². The summed E-state index contributed by atoms with van der Waals surface area (Å²) in [6, 6.07) is 21.8. The van der Waals surface area contributed by atoms with Gasteiger partial charge in [0.25, 0.3) is 0 Å². The third kappa shape index (κ3) is 2.67. The molecule has 0 saturated heterocycles. The van der Waals surface area contributed by atoms with Gasteiger partial charge in [0, 0.05) is 28.6 Å². The monoisotopic (exact) mass is 417 g/mol. The van der Waals surface area contributed by atoms with Crippen molar-refractivity contribution >= 4 is 43.6 Å². The maximum Gasteiger partial charge on any atom is 0.227 e. The third-order valence-electron chi connectivity index (χ3n) is 6.72. The Morgan fingerprint density at radius 3 is 2.53 bits per heavy atom. The number of nitrogens with zero attached hydrogens (tertiary/aromatic N) is 2. The van der Waals surface area contributed by atoms with Crippen LogP contribution in [0.4, 0.5) is 0 Å². The maximum atomic E-state index is 6.34. The van der Waals surface area contributed by atoms with Crippen LogP contribution in [0.5, 0.6) is 0 Å². The summed E-state index contributed by atoms with van der Waals surface area (Å²) in [4.78, 5) is 4.61. The predicted octanol–water partition coefficient (Wildman–Crippen LogP) is 7.21. The SMILES string of the molecule is Cc1c(-c2c3ccc(C(C)C)cc3cc[n+]2C)ccc2c1oc1ncc3ccccc3c12. The lowest BCUT2D eigenvalue weighted by Gasteiger charge is -2.11. The van der Waals surface area contributed by atoms with Gasteiger partial charge in [0.15, 0.2) is 6.20 Å². The molecule has 0 aliphatic carbocycles. The van der Waals surface area contributed by atoms with Crippen LogP contribution in [0, 0.1) is 6.92 Å². The van der Waals surface area contributed by atoms with Gasteiger partial charge >= 0.3 is 0 Å². The highest BCUT2D eigenvalue weighted by Crippen LogP contribution is 2.39. The molecular formula is C29H25N2O+. The zero-order valence-corrected chi connectivity index (χ0v) is 18.8. The van der Waals surface area contributed by atoms with E-state index in [0.29, 0.717) is 11.6 Å². The van der Waals surface area contributed by atoms with Gasteiger partial charge < -0.3 is 4.42 Å². The summed E-state index contributed by atoms with van der Waals surface area (Å²) in [5.74, 6) is 0.507. The first kappa shape index (κ1) is 19.0. The number of pyridine rings is 2. The maximum absolute atomic E-state index is 6.34. The number of aromatic nitrogens is 2. The number of rotatable bonds is 2. The van der Waals surface area contributed by atoms with Crippen LogP contribution in [0.3, 0.4) is 0 Å². The molecule has 3 heteroatoms. The molecule has 0 spiro atoms. The van der Waals surface area contributed by atoms with E-state index < -0.39 is 0 Å². The largest absolute Gasteiger partial charge is 0.437 e. The number of hydrogen-bond acceptors (Lipinski definition) is 2. The first-order valence-electron chi connectivity index (χ1n) is 11.1. The summed E-state index contributed by atoms with van der Waals surface area (Å²) in [6.07, 6.45) is 4.05. The van der Waals surface area contributed by atoms with E-state index >= 15 is 0 Å². The molecule has 0 aliphatic heterocycles. The summed E-state index contributed by atoms with van der Waals surface area (Å²) in [5, 5.41) is 7.04. The summed E-state index contributed by atoms with van der Waals surface area (Å²) >= 11 is 0. The van der Waals surface area contributed by atoms with E-state index in [9.17, 15) is 0 Å². The highest BCUT2D eigenvalue weighted by molar-refractivity contribution is 6.18. The second-order valence-electron chi connectivity index (χ2n) is 9.02. The minimum Gasteiger partial charge on any atom is -0.437 e. The van der Waals surface area contributed by atoms with Crippen LogP contribution in [-0.4, -0.2) is 4.98 Å². The van der Waals surface area contributed by atoms with E-state index in [4.69, 9.17) is 4.42 Å². The van der Waals surface area contributed by atoms with E-state index in [2.05, 4.69) is 98.2 Å². The second-order valence-corrected chi connectivity index (χ2v) is 9.02. The Bertz CT molecular complexity index is 1670. The molecule has 156 valence electrons. The molecule has 0 unspecified atom stereocenters. The molecule has 32 heavy (non-hydrogen) atoms. The number of furan rings is 1. The molecule has 3 heterocycles. The van der Waals surface area contributed by atoms with Crippen LogP contribution < -0.4 is 4.57 Å². The van der Waals surface area contributed by atoms with Gasteiger partial charge in [-0.2, -0.15) is 0 Å². The molecule has 6 aromatic rings. The topological polar surface area (TPSA) is 29.9 Å². The Balaban J connectivity index is 1.66. The Labute approximate surface area is 186 Å². The highest BCUT2D eigenvalue weighted by Gasteiger charge is 2.22. The highest BCUT2D eigenvalue weighted by atomic mass is 16.3. The van der Waals surface area contributed by atoms with Gasteiger partial charge in [-0.1, -0.05) is 50.2 Å². The van der Waals surface area contributed by atoms with E-state index in [1.165, 1.54) is 33.0 Å². The molecule has 0 atom stereocenters. The van der Waals surface area contributed by atoms with Crippen molar-refractivity contribution in [1.29, 1.82) is 0 Å². The van der Waals surface area contributed by atoms with Gasteiger partial charge in [-0.3, -0.25) is 0 Å². The third-order valence-corrected chi connectivity index (χ3v) is 6.72. The van der Waals surface area contributed by atoms with Crippen molar-refractivity contribution in [2.75, 3.05) is 0 Å². The van der Waals surface area contributed by atoms with Crippen molar-refractivity contribution in [3.8, 4) is 11.3 Å². The zero-order chi connectivity index (χ0) is 22.0. The Morgan fingerprint density at radius 1 is 0.875 bits per heavy atom. The molecule has 3 aromatic heterocycles. The van der Waals surface area contributed by atoms with Gasteiger partial charge in [0.05, 0.1) is 16.3 Å². The van der Waals surface area contributed by atoms with E-state index in [-0.39, 0.29) is 0 Å². The minimum absolute atomic E-state index is 0.507. The number of fused-ring (bicyclic) bond motifs is 6. The Morgan fingerprint density at radius 2 is 1.69 bits per heavy atom. The van der Waals surface area contributed by atoms with Gasteiger partial charge in [-0.05, 0) is 47.4 Å². The summed E-state index contributed by atoms with van der Waals surface area (Å²) in [5.41, 5.74) is 6.50. The molecule has 0 N–H and O–H groups in total. The quantitative estimate of drug-likeness (QED) is 0.279. The van der Waals surface area contributed by atoms with Crippen molar-refractivity contribution in [3.63, 3.8) is 0 Å². The summed E-state index contributed by atoms with van der Waals surface area (Å²) in [7, 11) is 2.11. The van der Waals surface area contributed by atoms with Crippen molar-refractivity contribution in [2.24, 2.45) is 7.05 Å². The summed E-state index contributed by atoms with van der Waals surface area (Å²) < 4.78 is 8.55. The van der Waals surface area contributed by atoms with Crippen LogP contribution in [0.2, 0.25) is 0 Å². The fourth-order valence-electron chi connectivity index (χ4n) is 4.94. The Hall–Kier alpha value is -3.72. The van der Waals surface area contributed by atoms with Gasteiger partial charge in [0.2, 0.25) is 11.4 Å². The van der Waals surface area contributed by atoms with Gasteiger partial charge in [-0.15, -0.1) is 0 Å². The van der Waals surface area contributed by atoms with Crippen molar-refractivity contribution in [1.82, 2.24) is 4.98 Å². The van der Waals surface area contributed by atoms with Crippen LogP contribution in [0.25, 0.3) is 54.9 Å². The molecule has 0 fully saturated rings. The molecular weight excluding hydrogens is 392 g/mol. The number of benzene rings is 3. The van der Waals surface area contributed by atoms with Crippen LogP contribution in [0.15, 0.2) is 77.5 Å². The lowest BCUT2D eigenvalue weighted by Crippen LogP contribution is -2.30. The first-order valence-corrected chi connectivity index (χ1v) is 11.1. The molecule has 3 aromatic carbocycles. The van der Waals surface area contributed by atoms with Crippen LogP contribution in [-0.2, 0) is 7.05 Å². The number of hydrogen-bond donors (Lipinski definition) is 0. The lowest BCUT2D eigenvalue weighted by atomic mass is 9.94. The predicted molar refractivity (Wildman–Crippen MR) is 132 cm³/mol. The molecule has 3 nitrogen and oxygen atoms in total. The molecule has 0 aliphatic rings. The molecule has 0 radical (unpaired) electrons. The zero-order valence-electron chi connectivity index (χ0n) is 18.8. The fraction of sp³-hybridized carbons (Fsp3) is 0.172. The van der Waals surface area contributed by atoms with Crippen molar-refractivity contribution in [2.45, 2.75) is 26.7 Å². The van der Waals surface area contributed by atoms with Gasteiger partial charge in [-0.25, -0.2) is 9.55 Å². The molecule has 6 rings (SSSR count). The summed E-state index contributed by atoms with van der Waals surface area (Å²) in [6.45, 7) is 6.63. The number of aryl methyl sites for hydroxylation is 2. The average Bonchev–Trinajstić information content (AvgIpc) is 3.20. The Kier molecular flexibility index (Phi) is 4.09. The smallest absolute Gasteiger partial charge is 0.227 e. The normalized spacial score (nSPS) is 12.0. The minimum atomic E-state index is 0.507. The van der Waals surface area contributed by atoms with Crippen molar-refractivity contribution < 1.29 is 8.98 Å². The molecule has 0 amide bonds. The van der Waals surface area contributed by atoms with Crippen LogP contribution in [0.1, 0.15) is 30.9 Å². The standard InChI is InChI=1S/C29H25N2O/c1-17(2)19-9-10-24-20(15-19)13-14-31(4)27(24)22-11-12-25-26-23-8-6-5-7-21(23)16-30-29(26)32-28(25)18(22)3/h5-17H,1-4H3/q+1. The lowest BCUT2D eigenvalue weighted by molar-refractivity contribution is -0.659. The van der Waals surface area contributed by atoms with E-state index in [1.54, 1.807) is 0 Å². The molecule has 0 saturated carbocycles. The van der Waals surface area contributed by atoms with Gasteiger partial charge in [0.1, 0.15) is 12.6 Å². The fourth-order valence-corrected chi connectivity index (χ4v) is 4.94. The molecule has 0 bridgehead atoms.